The van der Waals surface area contributed by atoms with E-state index < -0.39 is 0 Å². The van der Waals surface area contributed by atoms with Gasteiger partial charge in [-0.15, -0.1) is 24.0 Å². The van der Waals surface area contributed by atoms with Gasteiger partial charge in [-0.25, -0.2) is 9.67 Å². The van der Waals surface area contributed by atoms with Crippen LogP contribution in [0.2, 0.25) is 0 Å². The molecule has 1 aromatic rings. The molecule has 0 saturated carbocycles. The lowest BCUT2D eigenvalue weighted by atomic mass is 9.97. The van der Waals surface area contributed by atoms with Crippen molar-refractivity contribution in [3.63, 3.8) is 0 Å². The van der Waals surface area contributed by atoms with Crippen LogP contribution in [0.25, 0.3) is 0 Å². The van der Waals surface area contributed by atoms with Gasteiger partial charge < -0.3 is 15.5 Å². The summed E-state index contributed by atoms with van der Waals surface area (Å²) >= 11 is 2.04. The van der Waals surface area contributed by atoms with Crippen molar-refractivity contribution in [3.05, 3.63) is 12.2 Å². The molecule has 0 spiro atoms. The average molecular weight is 465 g/mol. The number of fused-ring (bicyclic) bond motifs is 1. The number of hydrogen-bond donors (Lipinski definition) is 2. The van der Waals surface area contributed by atoms with Gasteiger partial charge in [0, 0.05) is 37.3 Å². The molecule has 2 atom stereocenters. The zero-order chi connectivity index (χ0) is 16.3. The summed E-state index contributed by atoms with van der Waals surface area (Å²) in [7, 11) is 6.19. The van der Waals surface area contributed by atoms with Crippen LogP contribution in [0.1, 0.15) is 18.7 Å². The van der Waals surface area contributed by atoms with Crippen LogP contribution in [0.4, 0.5) is 0 Å². The molecule has 0 aromatic carbocycles. The Morgan fingerprint density at radius 3 is 3.04 bits per heavy atom. The van der Waals surface area contributed by atoms with E-state index in [1.807, 2.05) is 23.5 Å². The molecule has 2 unspecified atom stereocenters. The van der Waals surface area contributed by atoms with Crippen LogP contribution in [0.5, 0.6) is 0 Å². The number of guanidine groups is 1. The number of halogens is 1. The summed E-state index contributed by atoms with van der Waals surface area (Å²) in [6, 6.07) is 0.351. The third kappa shape index (κ3) is 4.34. The molecule has 2 N–H and O–H groups in total. The van der Waals surface area contributed by atoms with Crippen LogP contribution in [0, 0.1) is 0 Å². The second-order valence-corrected chi connectivity index (χ2v) is 7.69. The summed E-state index contributed by atoms with van der Waals surface area (Å²) in [5.41, 5.74) is 0.230. The Balaban J connectivity index is 0.00000208. The topological polar surface area (TPSA) is 70.4 Å². The van der Waals surface area contributed by atoms with Crippen LogP contribution in [0.3, 0.4) is 0 Å². The minimum Gasteiger partial charge on any atom is -0.355 e. The number of nitrogens with one attached hydrogen (secondary N) is 2. The lowest BCUT2D eigenvalue weighted by Gasteiger charge is -2.36. The first-order valence-corrected chi connectivity index (χ1v) is 9.37. The van der Waals surface area contributed by atoms with Crippen molar-refractivity contribution in [2.24, 2.45) is 4.99 Å². The summed E-state index contributed by atoms with van der Waals surface area (Å²) in [6.45, 7) is 1.78. The molecule has 0 radical (unpaired) electrons. The quantitative estimate of drug-likeness (QED) is 0.390. The van der Waals surface area contributed by atoms with Gasteiger partial charge in [0.1, 0.15) is 12.2 Å². The van der Waals surface area contributed by atoms with Crippen molar-refractivity contribution in [2.45, 2.75) is 37.4 Å². The lowest BCUT2D eigenvalue weighted by molar-refractivity contribution is 0.182. The first-order valence-electron chi connectivity index (χ1n) is 8.22. The Morgan fingerprint density at radius 1 is 1.54 bits per heavy atom. The summed E-state index contributed by atoms with van der Waals surface area (Å²) in [5, 5.41) is 11.4. The van der Waals surface area contributed by atoms with Gasteiger partial charge in [-0.2, -0.15) is 16.9 Å². The SMILES string of the molecule is CN=C(NCC1(N(C)C)CCSC1)NC1CCc2ncnn2C1.I. The normalized spacial score (nSPS) is 26.8. The highest BCUT2D eigenvalue weighted by Gasteiger charge is 2.36. The van der Waals surface area contributed by atoms with Crippen LogP contribution in [-0.4, -0.2) is 76.4 Å². The number of aliphatic imine (C=N–C) groups is 1. The second kappa shape index (κ2) is 8.70. The third-order valence-corrected chi connectivity index (χ3v) is 6.22. The molecule has 1 aromatic heterocycles. The Morgan fingerprint density at radius 2 is 2.38 bits per heavy atom. The van der Waals surface area contributed by atoms with E-state index in [-0.39, 0.29) is 29.5 Å². The molecule has 24 heavy (non-hydrogen) atoms. The molecule has 1 saturated heterocycles. The van der Waals surface area contributed by atoms with Gasteiger partial charge in [-0.05, 0) is 32.7 Å². The molecule has 3 heterocycles. The van der Waals surface area contributed by atoms with E-state index in [1.165, 1.54) is 17.9 Å². The van der Waals surface area contributed by atoms with E-state index in [0.717, 1.165) is 37.7 Å². The number of likely N-dealkylation sites (N-methyl/N-ethyl adjacent to an activating group) is 1. The zero-order valence-electron chi connectivity index (χ0n) is 14.7. The van der Waals surface area contributed by atoms with Crippen molar-refractivity contribution in [1.82, 2.24) is 30.3 Å². The fourth-order valence-electron chi connectivity index (χ4n) is 3.24. The molecule has 9 heteroatoms. The number of aryl methyl sites for hydroxylation is 1. The van der Waals surface area contributed by atoms with Crippen molar-refractivity contribution in [1.29, 1.82) is 0 Å². The van der Waals surface area contributed by atoms with Gasteiger partial charge in [0.2, 0.25) is 0 Å². The summed E-state index contributed by atoms with van der Waals surface area (Å²) < 4.78 is 1.99. The zero-order valence-corrected chi connectivity index (χ0v) is 17.8. The number of hydrogen-bond acceptors (Lipinski definition) is 5. The molecule has 7 nitrogen and oxygen atoms in total. The standard InChI is InChI=1S/C15H27N7S.HI/c1-16-14(17-9-15(21(2)3)6-7-23-10-15)20-12-4-5-13-18-11-19-22(13)8-12;/h11-12H,4-10H2,1-3H3,(H2,16,17,20);1H. The smallest absolute Gasteiger partial charge is 0.191 e. The highest BCUT2D eigenvalue weighted by atomic mass is 127. The maximum atomic E-state index is 4.40. The van der Waals surface area contributed by atoms with Crippen LogP contribution in [0.15, 0.2) is 11.3 Å². The van der Waals surface area contributed by atoms with E-state index in [9.17, 15) is 0 Å². The Kier molecular flexibility index (Phi) is 7.17. The molecule has 3 rings (SSSR count). The lowest BCUT2D eigenvalue weighted by Crippen LogP contribution is -2.56. The van der Waals surface area contributed by atoms with Gasteiger partial charge in [-0.1, -0.05) is 0 Å². The monoisotopic (exact) mass is 465 g/mol. The van der Waals surface area contributed by atoms with Crippen molar-refractivity contribution >= 4 is 41.7 Å². The fraction of sp³-hybridized carbons (Fsp3) is 0.800. The molecule has 0 aliphatic carbocycles. The highest BCUT2D eigenvalue weighted by Crippen LogP contribution is 2.31. The number of rotatable bonds is 4. The van der Waals surface area contributed by atoms with E-state index in [2.05, 4.69) is 44.7 Å². The number of thioether (sulfide) groups is 1. The average Bonchev–Trinajstić information content (AvgIpc) is 3.20. The minimum atomic E-state index is 0. The van der Waals surface area contributed by atoms with Gasteiger partial charge in [0.05, 0.1) is 6.54 Å². The molecule has 1 fully saturated rings. The Bertz CT molecular complexity index is 554. The first kappa shape index (κ1) is 19.8. The summed E-state index contributed by atoms with van der Waals surface area (Å²) in [6.07, 6.45) is 4.89. The molecule has 0 amide bonds. The highest BCUT2D eigenvalue weighted by molar-refractivity contribution is 14.0. The van der Waals surface area contributed by atoms with E-state index in [0.29, 0.717) is 6.04 Å². The maximum absolute atomic E-state index is 4.40. The van der Waals surface area contributed by atoms with Crippen molar-refractivity contribution in [3.8, 4) is 0 Å². The Hall–Kier alpha value is -0.550. The molecule has 2 aliphatic rings. The molecule has 136 valence electrons. The molecule has 2 aliphatic heterocycles. The molecule has 0 bridgehead atoms. The largest absolute Gasteiger partial charge is 0.355 e. The first-order chi connectivity index (χ1) is 11.1. The molecular weight excluding hydrogens is 437 g/mol. The third-order valence-electron chi connectivity index (χ3n) is 4.99. The maximum Gasteiger partial charge on any atom is 0.191 e. The minimum absolute atomic E-state index is 0. The number of nitrogens with zero attached hydrogens (tertiary/aromatic N) is 5. The predicted octanol–water partition coefficient (Wildman–Crippen LogP) is 0.813. The van der Waals surface area contributed by atoms with Gasteiger partial charge in [0.15, 0.2) is 5.96 Å². The Labute approximate surface area is 165 Å². The van der Waals surface area contributed by atoms with E-state index in [4.69, 9.17) is 0 Å². The number of aromatic nitrogens is 3. The van der Waals surface area contributed by atoms with Crippen molar-refractivity contribution in [2.75, 3.05) is 39.2 Å². The van der Waals surface area contributed by atoms with Gasteiger partial charge in [-0.3, -0.25) is 4.99 Å². The van der Waals surface area contributed by atoms with E-state index in [1.54, 1.807) is 6.33 Å². The van der Waals surface area contributed by atoms with Crippen molar-refractivity contribution < 1.29 is 0 Å². The fourth-order valence-corrected chi connectivity index (χ4v) is 4.79. The second-order valence-electron chi connectivity index (χ2n) is 6.59. The summed E-state index contributed by atoms with van der Waals surface area (Å²) in [5.74, 6) is 4.39. The van der Waals surface area contributed by atoms with Gasteiger partial charge >= 0.3 is 0 Å². The van der Waals surface area contributed by atoms with Crippen LogP contribution >= 0.6 is 35.7 Å². The van der Waals surface area contributed by atoms with Crippen LogP contribution in [-0.2, 0) is 13.0 Å². The van der Waals surface area contributed by atoms with E-state index >= 15 is 0 Å². The van der Waals surface area contributed by atoms with Gasteiger partial charge in [0.25, 0.3) is 0 Å². The molecular formula is C15H28IN7S. The predicted molar refractivity (Wildman–Crippen MR) is 110 cm³/mol. The summed E-state index contributed by atoms with van der Waals surface area (Å²) in [4.78, 5) is 11.0. The van der Waals surface area contributed by atoms with Crippen LogP contribution < -0.4 is 10.6 Å².